The standard InChI is InChI=1S/C12H15BrN2O/c1-3-4-5-11(16)15-10-7-9(13)6-8(2)12(10)14/h3,6-7H,1,4-5,14H2,2H3,(H,15,16). The van der Waals surface area contributed by atoms with Crippen LogP contribution in [0.25, 0.3) is 0 Å². The van der Waals surface area contributed by atoms with Crippen molar-refractivity contribution in [2.75, 3.05) is 11.1 Å². The molecule has 1 amide bonds. The van der Waals surface area contributed by atoms with Gasteiger partial charge in [0, 0.05) is 10.9 Å². The minimum absolute atomic E-state index is 0.0518. The number of carbonyl (C=O) groups is 1. The molecule has 16 heavy (non-hydrogen) atoms. The fraction of sp³-hybridized carbons (Fsp3) is 0.250. The van der Waals surface area contributed by atoms with Gasteiger partial charge in [0.15, 0.2) is 0 Å². The number of amides is 1. The average molecular weight is 283 g/mol. The van der Waals surface area contributed by atoms with Crippen molar-refractivity contribution in [3.63, 3.8) is 0 Å². The predicted molar refractivity (Wildman–Crippen MR) is 71.4 cm³/mol. The summed E-state index contributed by atoms with van der Waals surface area (Å²) < 4.78 is 0.901. The quantitative estimate of drug-likeness (QED) is 0.658. The van der Waals surface area contributed by atoms with Crippen molar-refractivity contribution < 1.29 is 4.79 Å². The minimum Gasteiger partial charge on any atom is -0.397 e. The van der Waals surface area contributed by atoms with Crippen LogP contribution in [0.3, 0.4) is 0 Å². The summed E-state index contributed by atoms with van der Waals surface area (Å²) in [4.78, 5) is 11.5. The molecule has 0 atom stereocenters. The van der Waals surface area contributed by atoms with Crippen molar-refractivity contribution in [1.82, 2.24) is 0 Å². The number of halogens is 1. The van der Waals surface area contributed by atoms with Crippen molar-refractivity contribution in [2.45, 2.75) is 19.8 Å². The molecule has 1 aromatic rings. The van der Waals surface area contributed by atoms with Crippen molar-refractivity contribution in [1.29, 1.82) is 0 Å². The Bertz CT molecular complexity index is 416. The lowest BCUT2D eigenvalue weighted by Gasteiger charge is -2.10. The number of anilines is 2. The summed E-state index contributed by atoms with van der Waals surface area (Å²) in [6, 6.07) is 3.71. The van der Waals surface area contributed by atoms with Gasteiger partial charge < -0.3 is 11.1 Å². The zero-order valence-electron chi connectivity index (χ0n) is 9.22. The molecular formula is C12H15BrN2O. The maximum absolute atomic E-state index is 11.5. The summed E-state index contributed by atoms with van der Waals surface area (Å²) in [6.07, 6.45) is 2.81. The summed E-state index contributed by atoms with van der Waals surface area (Å²) in [6.45, 7) is 5.48. The van der Waals surface area contributed by atoms with E-state index in [1.165, 1.54) is 0 Å². The monoisotopic (exact) mass is 282 g/mol. The third-order valence-electron chi connectivity index (χ3n) is 2.20. The van der Waals surface area contributed by atoms with E-state index in [1.54, 1.807) is 12.1 Å². The van der Waals surface area contributed by atoms with Gasteiger partial charge in [0.2, 0.25) is 5.91 Å². The number of hydrogen-bond donors (Lipinski definition) is 2. The lowest BCUT2D eigenvalue weighted by Crippen LogP contribution is -2.12. The van der Waals surface area contributed by atoms with E-state index in [9.17, 15) is 4.79 Å². The summed E-state index contributed by atoms with van der Waals surface area (Å²) in [5.41, 5.74) is 8.07. The molecule has 3 nitrogen and oxygen atoms in total. The highest BCUT2D eigenvalue weighted by molar-refractivity contribution is 9.10. The lowest BCUT2D eigenvalue weighted by atomic mass is 10.1. The first-order chi connectivity index (χ1) is 7.54. The van der Waals surface area contributed by atoms with E-state index >= 15 is 0 Å². The Balaban J connectivity index is 2.80. The number of nitrogen functional groups attached to an aromatic ring is 1. The molecule has 0 aliphatic carbocycles. The molecule has 0 aliphatic rings. The molecule has 0 saturated carbocycles. The van der Waals surface area contributed by atoms with Crippen molar-refractivity contribution in [3.05, 3.63) is 34.8 Å². The molecule has 4 heteroatoms. The average Bonchev–Trinajstić information content (AvgIpc) is 2.22. The van der Waals surface area contributed by atoms with Crippen LogP contribution in [0.5, 0.6) is 0 Å². The Morgan fingerprint density at radius 2 is 2.31 bits per heavy atom. The molecule has 0 fully saturated rings. The molecule has 0 spiro atoms. The Kier molecular flexibility index (Phi) is 4.55. The van der Waals surface area contributed by atoms with E-state index < -0.39 is 0 Å². The molecule has 0 aromatic heterocycles. The van der Waals surface area contributed by atoms with Crippen molar-refractivity contribution in [3.8, 4) is 0 Å². The highest BCUT2D eigenvalue weighted by Gasteiger charge is 2.07. The number of aryl methyl sites for hydroxylation is 1. The van der Waals surface area contributed by atoms with E-state index in [-0.39, 0.29) is 5.91 Å². The molecular weight excluding hydrogens is 268 g/mol. The topological polar surface area (TPSA) is 55.1 Å². The second-order valence-corrected chi connectivity index (χ2v) is 4.48. The normalized spacial score (nSPS) is 9.88. The molecule has 1 aromatic carbocycles. The van der Waals surface area contributed by atoms with E-state index in [0.29, 0.717) is 24.2 Å². The zero-order valence-corrected chi connectivity index (χ0v) is 10.8. The number of carbonyl (C=O) groups excluding carboxylic acids is 1. The first-order valence-corrected chi connectivity index (χ1v) is 5.80. The zero-order chi connectivity index (χ0) is 12.1. The molecule has 3 N–H and O–H groups in total. The smallest absolute Gasteiger partial charge is 0.224 e. The number of allylic oxidation sites excluding steroid dienone is 1. The Morgan fingerprint density at radius 3 is 2.94 bits per heavy atom. The Hall–Kier alpha value is -1.29. The molecule has 86 valence electrons. The van der Waals surface area contributed by atoms with Crippen molar-refractivity contribution >= 4 is 33.2 Å². The second kappa shape index (κ2) is 5.70. The number of hydrogen-bond acceptors (Lipinski definition) is 2. The van der Waals surface area contributed by atoms with Crippen molar-refractivity contribution in [2.24, 2.45) is 0 Å². The van der Waals surface area contributed by atoms with Gasteiger partial charge in [0.05, 0.1) is 11.4 Å². The van der Waals surface area contributed by atoms with Crippen LogP contribution in [0.2, 0.25) is 0 Å². The summed E-state index contributed by atoms with van der Waals surface area (Å²) in [5, 5.41) is 2.78. The Morgan fingerprint density at radius 1 is 1.62 bits per heavy atom. The number of nitrogens with two attached hydrogens (primary N) is 1. The summed E-state index contributed by atoms with van der Waals surface area (Å²) >= 11 is 3.37. The number of nitrogens with one attached hydrogen (secondary N) is 1. The lowest BCUT2D eigenvalue weighted by molar-refractivity contribution is -0.116. The minimum atomic E-state index is -0.0518. The van der Waals surface area contributed by atoms with Gasteiger partial charge in [-0.05, 0) is 31.0 Å². The maximum Gasteiger partial charge on any atom is 0.224 e. The van der Waals surface area contributed by atoms with E-state index in [1.807, 2.05) is 13.0 Å². The first kappa shape index (κ1) is 12.8. The largest absolute Gasteiger partial charge is 0.397 e. The summed E-state index contributed by atoms with van der Waals surface area (Å²) in [5.74, 6) is -0.0518. The van der Waals surface area contributed by atoms with Crippen LogP contribution in [0.4, 0.5) is 11.4 Å². The van der Waals surface area contributed by atoms with E-state index in [4.69, 9.17) is 5.73 Å². The van der Waals surface area contributed by atoms with Gasteiger partial charge in [-0.25, -0.2) is 0 Å². The van der Waals surface area contributed by atoms with Crippen LogP contribution < -0.4 is 11.1 Å². The molecule has 0 unspecified atom stereocenters. The van der Waals surface area contributed by atoms with Gasteiger partial charge in [0.25, 0.3) is 0 Å². The van der Waals surface area contributed by atoms with Gasteiger partial charge >= 0.3 is 0 Å². The molecule has 0 saturated heterocycles. The predicted octanol–water partition coefficient (Wildman–Crippen LogP) is 3.24. The maximum atomic E-state index is 11.5. The third kappa shape index (κ3) is 3.38. The second-order valence-electron chi connectivity index (χ2n) is 3.56. The molecule has 0 radical (unpaired) electrons. The highest BCUT2D eigenvalue weighted by Crippen LogP contribution is 2.27. The molecule has 0 bridgehead atoms. The molecule has 1 rings (SSSR count). The van der Waals surface area contributed by atoms with Crippen LogP contribution in [0, 0.1) is 6.92 Å². The summed E-state index contributed by atoms with van der Waals surface area (Å²) in [7, 11) is 0. The van der Waals surface area contributed by atoms with Crippen LogP contribution in [0.15, 0.2) is 29.3 Å². The van der Waals surface area contributed by atoms with Crippen LogP contribution >= 0.6 is 15.9 Å². The molecule has 0 aliphatic heterocycles. The van der Waals surface area contributed by atoms with Gasteiger partial charge in [-0.15, -0.1) is 6.58 Å². The molecule has 0 heterocycles. The van der Waals surface area contributed by atoms with E-state index in [2.05, 4.69) is 27.8 Å². The third-order valence-corrected chi connectivity index (χ3v) is 2.66. The number of rotatable bonds is 4. The van der Waals surface area contributed by atoms with Gasteiger partial charge in [0.1, 0.15) is 0 Å². The van der Waals surface area contributed by atoms with Crippen LogP contribution in [-0.2, 0) is 4.79 Å². The van der Waals surface area contributed by atoms with Gasteiger partial charge in [-0.1, -0.05) is 22.0 Å². The van der Waals surface area contributed by atoms with Gasteiger partial charge in [-0.2, -0.15) is 0 Å². The fourth-order valence-electron chi connectivity index (χ4n) is 1.30. The number of benzene rings is 1. The van der Waals surface area contributed by atoms with Crippen LogP contribution in [-0.4, -0.2) is 5.91 Å². The first-order valence-electron chi connectivity index (χ1n) is 5.01. The van der Waals surface area contributed by atoms with E-state index in [0.717, 1.165) is 10.0 Å². The SMILES string of the molecule is C=CCCC(=O)Nc1cc(Br)cc(C)c1N. The highest BCUT2D eigenvalue weighted by atomic mass is 79.9. The van der Waals surface area contributed by atoms with Crippen LogP contribution in [0.1, 0.15) is 18.4 Å². The Labute approximate surface area is 104 Å². The van der Waals surface area contributed by atoms with Gasteiger partial charge in [-0.3, -0.25) is 4.79 Å². The fourth-order valence-corrected chi connectivity index (χ4v) is 1.88.